The topological polar surface area (TPSA) is 115 Å². The Kier molecular flexibility index (Phi) is 8.02. The fourth-order valence-electron chi connectivity index (χ4n) is 4.52. The van der Waals surface area contributed by atoms with Crippen molar-refractivity contribution in [2.45, 2.75) is 38.5 Å². The number of halogens is 2. The Hall–Kier alpha value is -4.44. The Bertz CT molecular complexity index is 1540. The number of carbonyl (C=O) groups is 2. The minimum atomic E-state index is -0.595. The number of hydrogen-bond acceptors (Lipinski definition) is 6. The molecule has 11 heteroatoms. The molecule has 0 saturated carbocycles. The van der Waals surface area contributed by atoms with E-state index in [1.165, 1.54) is 29.2 Å². The zero-order valence-electron chi connectivity index (χ0n) is 20.9. The number of rotatable bonds is 4. The Morgan fingerprint density at radius 2 is 1.92 bits per heavy atom. The molecule has 2 N–H and O–H groups in total. The number of nitrogens with zero attached hydrogens (tertiary/aromatic N) is 5. The Morgan fingerprint density at radius 1 is 1.08 bits per heavy atom. The predicted molar refractivity (Wildman–Crippen MR) is 147 cm³/mol. The smallest absolute Gasteiger partial charge is 0.248 e. The number of pyridine rings is 1. The van der Waals surface area contributed by atoms with Crippen molar-refractivity contribution < 1.29 is 14.0 Å². The fraction of sp³-hybridized carbons (Fsp3) is 0.214. The van der Waals surface area contributed by atoms with Gasteiger partial charge in [-0.25, -0.2) is 4.39 Å². The van der Waals surface area contributed by atoms with E-state index < -0.39 is 11.7 Å². The first-order valence-corrected chi connectivity index (χ1v) is 12.9. The van der Waals surface area contributed by atoms with Gasteiger partial charge in [-0.1, -0.05) is 24.4 Å². The molecule has 39 heavy (non-hydrogen) atoms. The molecule has 5 rings (SSSR count). The lowest BCUT2D eigenvalue weighted by Crippen LogP contribution is -2.15. The number of amides is 2. The molecule has 198 valence electrons. The first kappa shape index (κ1) is 26.2. The van der Waals surface area contributed by atoms with Crippen molar-refractivity contribution >= 4 is 40.9 Å². The van der Waals surface area contributed by atoms with Crippen LogP contribution in [0.3, 0.4) is 0 Å². The Balaban J connectivity index is 1.50. The third-order valence-electron chi connectivity index (χ3n) is 6.33. The van der Waals surface area contributed by atoms with Crippen LogP contribution in [-0.4, -0.2) is 37.0 Å². The molecule has 2 amide bonds. The molecule has 0 spiro atoms. The number of benzene rings is 2. The largest absolute Gasteiger partial charge is 0.325 e. The molecule has 1 aliphatic heterocycles. The summed E-state index contributed by atoms with van der Waals surface area (Å²) in [6.45, 7) is 0. The minimum Gasteiger partial charge on any atom is -0.325 e. The van der Waals surface area contributed by atoms with Gasteiger partial charge in [-0.15, -0.1) is 5.10 Å². The van der Waals surface area contributed by atoms with E-state index in [1.54, 1.807) is 36.5 Å². The summed E-state index contributed by atoms with van der Waals surface area (Å²) in [6.07, 6.45) is 10.7. The van der Waals surface area contributed by atoms with Crippen molar-refractivity contribution in [1.29, 1.82) is 0 Å². The molecule has 4 aromatic rings. The first-order chi connectivity index (χ1) is 19.0. The van der Waals surface area contributed by atoms with Crippen molar-refractivity contribution in [3.63, 3.8) is 0 Å². The number of fused-ring (bicyclic) bond motifs is 4. The SMILES string of the molecule is O=C(C=Cc1cc(Cl)ccc1-n1cnnn1)Nc1cc(F)cc2c1-c1ccnc(c1)CCCCCCC(=O)N2. The van der Waals surface area contributed by atoms with Gasteiger partial charge < -0.3 is 10.6 Å². The molecule has 0 aliphatic carbocycles. The minimum absolute atomic E-state index is 0.205. The second-order valence-electron chi connectivity index (χ2n) is 9.15. The lowest BCUT2D eigenvalue weighted by atomic mass is 10.00. The van der Waals surface area contributed by atoms with Crippen molar-refractivity contribution in [3.8, 4) is 16.8 Å². The highest BCUT2D eigenvalue weighted by molar-refractivity contribution is 6.30. The summed E-state index contributed by atoms with van der Waals surface area (Å²) in [5, 5.41) is 17.3. The van der Waals surface area contributed by atoms with Crippen LogP contribution in [0.4, 0.5) is 15.8 Å². The molecule has 0 fully saturated rings. The van der Waals surface area contributed by atoms with Crippen LogP contribution in [0.15, 0.2) is 61.1 Å². The molecule has 2 aromatic carbocycles. The third-order valence-corrected chi connectivity index (χ3v) is 6.56. The molecule has 0 saturated heterocycles. The Morgan fingerprint density at radius 3 is 2.74 bits per heavy atom. The van der Waals surface area contributed by atoms with Gasteiger partial charge >= 0.3 is 0 Å². The van der Waals surface area contributed by atoms with Crippen LogP contribution in [0, 0.1) is 5.82 Å². The van der Waals surface area contributed by atoms with E-state index in [2.05, 4.69) is 31.1 Å². The van der Waals surface area contributed by atoms with Gasteiger partial charge in [0.25, 0.3) is 0 Å². The lowest BCUT2D eigenvalue weighted by molar-refractivity contribution is -0.116. The van der Waals surface area contributed by atoms with Crippen molar-refractivity contribution in [2.75, 3.05) is 10.6 Å². The van der Waals surface area contributed by atoms with E-state index in [4.69, 9.17) is 11.6 Å². The summed E-state index contributed by atoms with van der Waals surface area (Å²) >= 11 is 6.17. The van der Waals surface area contributed by atoms with Crippen LogP contribution >= 0.6 is 11.6 Å². The monoisotopic (exact) mass is 545 g/mol. The quantitative estimate of drug-likeness (QED) is 0.322. The van der Waals surface area contributed by atoms with Gasteiger partial charge in [-0.3, -0.25) is 14.6 Å². The Labute approximate surface area is 229 Å². The highest BCUT2D eigenvalue weighted by atomic mass is 35.5. The maximum atomic E-state index is 14.8. The lowest BCUT2D eigenvalue weighted by Gasteiger charge is -2.17. The van der Waals surface area contributed by atoms with Crippen molar-refractivity contribution in [3.05, 3.63) is 83.2 Å². The summed E-state index contributed by atoms with van der Waals surface area (Å²) in [5.41, 5.74) is 3.83. The number of nitrogens with one attached hydrogen (secondary N) is 2. The molecule has 3 heterocycles. The number of anilines is 2. The van der Waals surface area contributed by atoms with Crippen LogP contribution in [0.2, 0.25) is 5.02 Å². The fourth-order valence-corrected chi connectivity index (χ4v) is 4.70. The summed E-state index contributed by atoms with van der Waals surface area (Å²) in [4.78, 5) is 30.2. The van der Waals surface area contributed by atoms with Crippen molar-refractivity contribution in [2.24, 2.45) is 0 Å². The second kappa shape index (κ2) is 12.0. The van der Waals surface area contributed by atoms with E-state index in [0.717, 1.165) is 37.8 Å². The van der Waals surface area contributed by atoms with Gasteiger partial charge in [-0.05, 0) is 83.8 Å². The molecule has 0 unspecified atom stereocenters. The van der Waals surface area contributed by atoms with E-state index in [9.17, 15) is 14.0 Å². The third kappa shape index (κ3) is 6.53. The summed E-state index contributed by atoms with van der Waals surface area (Å²) < 4.78 is 16.2. The molecular weight excluding hydrogens is 521 g/mol. The van der Waals surface area contributed by atoms with Gasteiger partial charge in [0.1, 0.15) is 12.1 Å². The van der Waals surface area contributed by atoms with E-state index in [-0.39, 0.29) is 17.3 Å². The van der Waals surface area contributed by atoms with Crippen LogP contribution in [0.25, 0.3) is 22.9 Å². The zero-order chi connectivity index (χ0) is 27.2. The van der Waals surface area contributed by atoms with Gasteiger partial charge in [0.05, 0.1) is 17.1 Å². The summed E-state index contributed by atoms with van der Waals surface area (Å²) in [7, 11) is 0. The van der Waals surface area contributed by atoms with Gasteiger partial charge in [0.15, 0.2) is 0 Å². The number of tetrazole rings is 1. The summed E-state index contributed by atoms with van der Waals surface area (Å²) in [5.74, 6) is -1.31. The molecule has 0 atom stereocenters. The molecule has 1 aliphatic rings. The number of carbonyl (C=O) groups excluding carboxylic acids is 2. The maximum Gasteiger partial charge on any atom is 0.248 e. The van der Waals surface area contributed by atoms with Crippen LogP contribution in [-0.2, 0) is 16.0 Å². The predicted octanol–water partition coefficient (Wildman–Crippen LogP) is 5.61. The maximum absolute atomic E-state index is 14.8. The highest BCUT2D eigenvalue weighted by Crippen LogP contribution is 2.37. The normalized spacial score (nSPS) is 14.1. The van der Waals surface area contributed by atoms with E-state index in [1.807, 2.05) is 6.07 Å². The molecule has 2 bridgehead atoms. The van der Waals surface area contributed by atoms with Gasteiger partial charge in [0, 0.05) is 40.5 Å². The highest BCUT2D eigenvalue weighted by Gasteiger charge is 2.18. The molecular formula is C28H25ClFN7O2. The zero-order valence-corrected chi connectivity index (χ0v) is 21.7. The molecule has 2 aromatic heterocycles. The van der Waals surface area contributed by atoms with Crippen molar-refractivity contribution in [1.82, 2.24) is 25.2 Å². The number of aromatic nitrogens is 5. The van der Waals surface area contributed by atoms with E-state index >= 15 is 0 Å². The van der Waals surface area contributed by atoms with Gasteiger partial charge in [-0.2, -0.15) is 4.68 Å². The van der Waals surface area contributed by atoms with Crippen LogP contribution in [0.1, 0.15) is 43.4 Å². The van der Waals surface area contributed by atoms with Crippen LogP contribution < -0.4 is 10.6 Å². The molecule has 0 radical (unpaired) electrons. The number of hydrogen-bond donors (Lipinski definition) is 2. The first-order valence-electron chi connectivity index (χ1n) is 12.6. The molecule has 9 nitrogen and oxygen atoms in total. The average Bonchev–Trinajstić information content (AvgIpc) is 3.44. The van der Waals surface area contributed by atoms with Crippen LogP contribution in [0.5, 0.6) is 0 Å². The standard InChI is InChI=1S/C28H25ClFN7O2/c29-20-8-9-25(37-17-32-35-36-37)18(13-20)7-10-27(39)34-24-16-21(30)15-23-28(24)19-11-12-31-22(14-19)5-3-1-2-4-6-26(38)33-23/h7-17H,1-6H2,(H,33,38)(H,34,39). The number of aryl methyl sites for hydroxylation is 1. The van der Waals surface area contributed by atoms with Gasteiger partial charge in [0.2, 0.25) is 11.8 Å². The van der Waals surface area contributed by atoms with E-state index in [0.29, 0.717) is 33.8 Å². The second-order valence-corrected chi connectivity index (χ2v) is 9.59. The summed E-state index contributed by atoms with van der Waals surface area (Å²) in [6, 6.07) is 11.3. The average molecular weight is 546 g/mol.